The molecule has 0 spiro atoms. The normalized spacial score (nSPS) is 10.7. The lowest BCUT2D eigenvalue weighted by molar-refractivity contribution is 0.0946. The third-order valence-electron chi connectivity index (χ3n) is 3.18. The number of nitrogens with zero attached hydrogens (tertiary/aromatic N) is 4. The molecule has 0 radical (unpaired) electrons. The van der Waals surface area contributed by atoms with Crippen LogP contribution >= 0.6 is 0 Å². The van der Waals surface area contributed by atoms with Crippen LogP contribution in [0.5, 0.6) is 0 Å². The average Bonchev–Trinajstić information content (AvgIpc) is 3.12. The maximum absolute atomic E-state index is 12.3. The quantitative estimate of drug-likeness (QED) is 0.750. The number of aromatic nitrogens is 4. The Hall–Kier alpha value is -3.16. The van der Waals surface area contributed by atoms with Gasteiger partial charge in [0.25, 0.3) is 5.91 Å². The van der Waals surface area contributed by atoms with Gasteiger partial charge in [-0.05, 0) is 25.1 Å². The molecule has 8 heteroatoms. The molecule has 0 saturated carbocycles. The van der Waals surface area contributed by atoms with E-state index in [2.05, 4.69) is 20.4 Å². The number of nitrogen functional groups attached to an aromatic ring is 1. The summed E-state index contributed by atoms with van der Waals surface area (Å²) in [6.07, 6.45) is 3.51. The maximum atomic E-state index is 12.3. The summed E-state index contributed by atoms with van der Waals surface area (Å²) >= 11 is 0. The highest BCUT2D eigenvalue weighted by Gasteiger charge is 2.13. The lowest BCUT2D eigenvalue weighted by atomic mass is 10.2. The number of anilines is 1. The molecular formula is C15H16N6O2. The van der Waals surface area contributed by atoms with Crippen molar-refractivity contribution in [2.24, 2.45) is 7.05 Å². The first kappa shape index (κ1) is 14.8. The van der Waals surface area contributed by atoms with Crippen LogP contribution in [0.2, 0.25) is 0 Å². The van der Waals surface area contributed by atoms with Gasteiger partial charge in [-0.15, -0.1) is 0 Å². The number of nitrogens with one attached hydrogen (secondary N) is 1. The molecule has 0 atom stereocenters. The summed E-state index contributed by atoms with van der Waals surface area (Å²) in [4.78, 5) is 20.3. The summed E-state index contributed by atoms with van der Waals surface area (Å²) in [6, 6.07) is 5.14. The minimum absolute atomic E-state index is 0.0167. The van der Waals surface area contributed by atoms with Gasteiger partial charge in [0.2, 0.25) is 5.95 Å². The van der Waals surface area contributed by atoms with Gasteiger partial charge in [0.15, 0.2) is 5.76 Å². The average molecular weight is 312 g/mol. The number of carbonyl (C=O) groups excluding carboxylic acids is 1. The van der Waals surface area contributed by atoms with Crippen LogP contribution in [0.15, 0.2) is 35.0 Å². The van der Waals surface area contributed by atoms with E-state index in [0.717, 1.165) is 11.3 Å². The molecule has 0 aliphatic carbocycles. The number of carbonyl (C=O) groups is 1. The van der Waals surface area contributed by atoms with Crippen LogP contribution in [0.1, 0.15) is 21.8 Å². The van der Waals surface area contributed by atoms with E-state index in [0.29, 0.717) is 18.0 Å². The van der Waals surface area contributed by atoms with E-state index in [1.165, 1.54) is 0 Å². The summed E-state index contributed by atoms with van der Waals surface area (Å²) in [5.74, 6) is 0.966. The van der Waals surface area contributed by atoms with Crippen LogP contribution in [0.4, 0.5) is 5.95 Å². The third-order valence-corrected chi connectivity index (χ3v) is 3.18. The molecule has 0 saturated heterocycles. The van der Waals surface area contributed by atoms with Gasteiger partial charge in [-0.2, -0.15) is 5.10 Å². The Morgan fingerprint density at radius 2 is 2.22 bits per heavy atom. The van der Waals surface area contributed by atoms with E-state index in [-0.39, 0.29) is 17.5 Å². The van der Waals surface area contributed by atoms with Gasteiger partial charge in [0, 0.05) is 25.4 Å². The second kappa shape index (κ2) is 5.91. The first-order valence-corrected chi connectivity index (χ1v) is 6.98. The first-order chi connectivity index (χ1) is 11.0. The van der Waals surface area contributed by atoms with Gasteiger partial charge in [-0.1, -0.05) is 0 Å². The molecule has 118 valence electrons. The first-order valence-electron chi connectivity index (χ1n) is 6.98. The number of nitrogens with two attached hydrogens (primary N) is 1. The van der Waals surface area contributed by atoms with Gasteiger partial charge in [-0.3, -0.25) is 9.48 Å². The highest BCUT2D eigenvalue weighted by atomic mass is 16.3. The van der Waals surface area contributed by atoms with E-state index in [9.17, 15) is 4.79 Å². The lowest BCUT2D eigenvalue weighted by Crippen LogP contribution is -2.24. The van der Waals surface area contributed by atoms with Crippen molar-refractivity contribution in [1.29, 1.82) is 0 Å². The molecule has 3 rings (SSSR count). The number of rotatable bonds is 4. The number of amides is 1. The number of furan rings is 1. The number of aryl methyl sites for hydroxylation is 2. The maximum Gasteiger partial charge on any atom is 0.270 e. The smallest absolute Gasteiger partial charge is 0.270 e. The molecule has 3 aromatic rings. The second-order valence-electron chi connectivity index (χ2n) is 5.11. The van der Waals surface area contributed by atoms with E-state index in [4.69, 9.17) is 10.2 Å². The van der Waals surface area contributed by atoms with Crippen LogP contribution in [-0.4, -0.2) is 25.7 Å². The predicted molar refractivity (Wildman–Crippen MR) is 83.3 cm³/mol. The van der Waals surface area contributed by atoms with E-state index in [1.807, 2.05) is 26.2 Å². The summed E-state index contributed by atoms with van der Waals surface area (Å²) in [6.45, 7) is 2.18. The zero-order valence-electron chi connectivity index (χ0n) is 12.8. The van der Waals surface area contributed by atoms with Crippen molar-refractivity contribution in [2.75, 3.05) is 5.73 Å². The summed E-state index contributed by atoms with van der Waals surface area (Å²) < 4.78 is 7.17. The molecule has 0 aliphatic rings. The lowest BCUT2D eigenvalue weighted by Gasteiger charge is -2.05. The molecule has 23 heavy (non-hydrogen) atoms. The van der Waals surface area contributed by atoms with Crippen molar-refractivity contribution in [3.8, 4) is 11.5 Å². The van der Waals surface area contributed by atoms with Gasteiger partial charge >= 0.3 is 0 Å². The van der Waals surface area contributed by atoms with Gasteiger partial charge in [0.05, 0.1) is 6.20 Å². The number of hydrogen-bond acceptors (Lipinski definition) is 6. The Labute approximate surface area is 132 Å². The number of hydrogen-bond donors (Lipinski definition) is 2. The molecule has 8 nitrogen and oxygen atoms in total. The van der Waals surface area contributed by atoms with Crippen LogP contribution in [0.25, 0.3) is 11.5 Å². The topological polar surface area (TPSA) is 112 Å². The van der Waals surface area contributed by atoms with Crippen molar-refractivity contribution >= 4 is 11.9 Å². The Kier molecular flexibility index (Phi) is 3.80. The Morgan fingerprint density at radius 1 is 1.39 bits per heavy atom. The molecule has 1 amide bonds. The van der Waals surface area contributed by atoms with Crippen molar-refractivity contribution < 1.29 is 9.21 Å². The molecule has 0 unspecified atom stereocenters. The van der Waals surface area contributed by atoms with Gasteiger partial charge in [0.1, 0.15) is 17.1 Å². The van der Waals surface area contributed by atoms with Gasteiger partial charge < -0.3 is 15.5 Å². The van der Waals surface area contributed by atoms with Crippen molar-refractivity contribution in [1.82, 2.24) is 25.1 Å². The zero-order valence-corrected chi connectivity index (χ0v) is 12.8. The second-order valence-corrected chi connectivity index (χ2v) is 5.11. The van der Waals surface area contributed by atoms with Crippen molar-refractivity contribution in [2.45, 2.75) is 13.5 Å². The minimum atomic E-state index is -0.340. The van der Waals surface area contributed by atoms with Gasteiger partial charge in [-0.25, -0.2) is 9.97 Å². The Bertz CT molecular complexity index is 851. The fraction of sp³-hybridized carbons (Fsp3) is 0.200. The van der Waals surface area contributed by atoms with Crippen molar-refractivity contribution in [3.05, 3.63) is 47.6 Å². The van der Waals surface area contributed by atoms with Crippen LogP contribution in [0, 0.1) is 6.92 Å². The summed E-state index contributed by atoms with van der Waals surface area (Å²) in [7, 11) is 1.81. The van der Waals surface area contributed by atoms with E-state index in [1.54, 1.807) is 23.0 Å². The molecule has 0 bridgehead atoms. The molecule has 0 aromatic carbocycles. The largest absolute Gasteiger partial charge is 0.460 e. The Balaban J connectivity index is 1.78. The molecule has 0 fully saturated rings. The van der Waals surface area contributed by atoms with E-state index >= 15 is 0 Å². The highest BCUT2D eigenvalue weighted by molar-refractivity contribution is 5.93. The van der Waals surface area contributed by atoms with Crippen LogP contribution < -0.4 is 11.1 Å². The third kappa shape index (κ3) is 3.37. The molecule has 3 aromatic heterocycles. The fourth-order valence-electron chi connectivity index (χ4n) is 2.12. The Morgan fingerprint density at radius 3 is 2.87 bits per heavy atom. The summed E-state index contributed by atoms with van der Waals surface area (Å²) in [5, 5.41) is 6.82. The highest BCUT2D eigenvalue weighted by Crippen LogP contribution is 2.21. The van der Waals surface area contributed by atoms with Crippen LogP contribution in [0.3, 0.4) is 0 Å². The molecule has 0 aliphatic heterocycles. The predicted octanol–water partition coefficient (Wildman–Crippen LogP) is 1.29. The monoisotopic (exact) mass is 312 g/mol. The van der Waals surface area contributed by atoms with Crippen LogP contribution in [-0.2, 0) is 13.6 Å². The zero-order chi connectivity index (χ0) is 16.4. The summed E-state index contributed by atoms with van der Waals surface area (Å²) in [5.41, 5.74) is 7.24. The van der Waals surface area contributed by atoms with Crippen molar-refractivity contribution in [3.63, 3.8) is 0 Å². The molecule has 3 N–H and O–H groups in total. The van der Waals surface area contributed by atoms with E-state index < -0.39 is 0 Å². The molecule has 3 heterocycles. The fourth-order valence-corrected chi connectivity index (χ4v) is 2.12. The molecular weight excluding hydrogens is 296 g/mol. The standard InChI is InChI=1S/C15H16N6O2/c1-9-3-4-13(23-9)11-5-12(20-15(16)19-11)14(22)17-6-10-7-18-21(2)8-10/h3-5,7-8H,6H2,1-2H3,(H,17,22)(H2,16,19,20). The minimum Gasteiger partial charge on any atom is -0.460 e. The SMILES string of the molecule is Cc1ccc(-c2cc(C(=O)NCc3cnn(C)c3)nc(N)n2)o1.